The number of aromatic nitrogens is 3. The molecule has 0 fully saturated rings. The van der Waals surface area contributed by atoms with Crippen molar-refractivity contribution >= 4 is 65.4 Å². The molecule has 0 N–H and O–H groups in total. The highest BCUT2D eigenvalue weighted by Gasteiger charge is 2.23. The summed E-state index contributed by atoms with van der Waals surface area (Å²) in [5.41, 5.74) is 15.3. The Morgan fingerprint density at radius 2 is 0.702 bits per heavy atom. The lowest BCUT2D eigenvalue weighted by atomic mass is 9.95. The third-order valence-corrected chi connectivity index (χ3v) is 11.8. The van der Waals surface area contributed by atoms with Gasteiger partial charge in [-0.1, -0.05) is 164 Å². The van der Waals surface area contributed by atoms with Crippen molar-refractivity contribution < 1.29 is 0 Å². The van der Waals surface area contributed by atoms with Crippen molar-refractivity contribution in [1.29, 1.82) is 0 Å². The molecule has 3 heterocycles. The molecule has 0 spiro atoms. The second kappa shape index (κ2) is 12.5. The molecule has 0 bridgehead atoms. The van der Waals surface area contributed by atoms with Gasteiger partial charge in [-0.2, -0.15) is 0 Å². The van der Waals surface area contributed by atoms with Crippen LogP contribution in [0.5, 0.6) is 0 Å². The molecule has 57 heavy (non-hydrogen) atoms. The monoisotopic (exact) mass is 725 g/mol. The van der Waals surface area contributed by atoms with Crippen LogP contribution >= 0.6 is 0 Å². The Morgan fingerprint density at radius 1 is 0.263 bits per heavy atom. The number of hydrogen-bond donors (Lipinski definition) is 0. The first kappa shape index (κ1) is 31.7. The maximum atomic E-state index is 2.51. The third-order valence-electron chi connectivity index (χ3n) is 11.8. The molecule has 3 nitrogen and oxygen atoms in total. The van der Waals surface area contributed by atoms with Gasteiger partial charge >= 0.3 is 0 Å². The summed E-state index contributed by atoms with van der Waals surface area (Å²) in [5, 5.41) is 7.43. The fraction of sp³-hybridized carbons (Fsp3) is 0. The van der Waals surface area contributed by atoms with E-state index < -0.39 is 0 Å². The van der Waals surface area contributed by atoms with E-state index in [4.69, 9.17) is 0 Å². The zero-order chi connectivity index (χ0) is 37.5. The van der Waals surface area contributed by atoms with Crippen molar-refractivity contribution in [2.45, 2.75) is 0 Å². The fourth-order valence-corrected chi connectivity index (χ4v) is 9.47. The second-order valence-electron chi connectivity index (χ2n) is 14.9. The van der Waals surface area contributed by atoms with Crippen molar-refractivity contribution in [3.05, 3.63) is 212 Å². The highest BCUT2D eigenvalue weighted by molar-refractivity contribution is 6.17. The predicted molar refractivity (Wildman–Crippen MR) is 240 cm³/mol. The Bertz CT molecular complexity index is 3400. The van der Waals surface area contributed by atoms with Crippen LogP contribution in [-0.2, 0) is 0 Å². The Morgan fingerprint density at radius 3 is 1.28 bits per heavy atom. The summed E-state index contributed by atoms with van der Waals surface area (Å²) in [4.78, 5) is 0. The van der Waals surface area contributed by atoms with Gasteiger partial charge in [-0.05, 0) is 59.7 Å². The Balaban J connectivity index is 1.19. The average molecular weight is 726 g/mol. The number of para-hydroxylation sites is 5. The van der Waals surface area contributed by atoms with Gasteiger partial charge in [-0.25, -0.2) is 0 Å². The minimum Gasteiger partial charge on any atom is -0.309 e. The predicted octanol–water partition coefficient (Wildman–Crippen LogP) is 14.3. The molecule has 0 amide bonds. The molecule has 9 aromatic carbocycles. The van der Waals surface area contributed by atoms with Crippen LogP contribution in [0.1, 0.15) is 0 Å². The lowest BCUT2D eigenvalue weighted by molar-refractivity contribution is 1.16. The van der Waals surface area contributed by atoms with Crippen molar-refractivity contribution in [2.24, 2.45) is 0 Å². The van der Waals surface area contributed by atoms with Gasteiger partial charge in [0.25, 0.3) is 0 Å². The zero-order valence-electron chi connectivity index (χ0n) is 31.0. The van der Waals surface area contributed by atoms with Crippen LogP contribution in [0.15, 0.2) is 212 Å². The van der Waals surface area contributed by atoms with Crippen LogP contribution in [0, 0.1) is 0 Å². The standard InChI is InChI=1S/C54H35N3/c1-3-17-36(18-4-1)39-25-15-26-40(37-19-5-2-6-20-37)54(39)57-49-30-14-10-24-45(49)53-50(31-16-32-51(53)57)56-48-29-13-9-23-43(48)44-34-33-38(35-52(44)56)55-46-27-11-7-21-41(46)42-22-8-12-28-47(42)55/h1-35H. The van der Waals surface area contributed by atoms with Gasteiger partial charge in [0.05, 0.1) is 44.5 Å². The van der Waals surface area contributed by atoms with Crippen LogP contribution in [0.2, 0.25) is 0 Å². The molecule has 0 aliphatic rings. The van der Waals surface area contributed by atoms with Crippen molar-refractivity contribution in [3.63, 3.8) is 0 Å². The molecule has 12 rings (SSSR count). The number of nitrogens with zero attached hydrogens (tertiary/aromatic N) is 3. The highest BCUT2D eigenvalue weighted by atomic mass is 15.0. The molecule has 0 aliphatic carbocycles. The van der Waals surface area contributed by atoms with E-state index in [1.54, 1.807) is 0 Å². The van der Waals surface area contributed by atoms with E-state index in [1.807, 2.05) is 0 Å². The minimum atomic E-state index is 1.14. The van der Waals surface area contributed by atoms with Gasteiger partial charge < -0.3 is 13.7 Å². The van der Waals surface area contributed by atoms with Gasteiger partial charge in [0, 0.05) is 49.1 Å². The van der Waals surface area contributed by atoms with Gasteiger partial charge in [0.15, 0.2) is 0 Å². The third kappa shape index (κ3) is 4.66. The lowest BCUT2D eigenvalue weighted by Crippen LogP contribution is -2.01. The summed E-state index contributed by atoms with van der Waals surface area (Å²) in [7, 11) is 0. The fourth-order valence-electron chi connectivity index (χ4n) is 9.47. The van der Waals surface area contributed by atoms with Crippen LogP contribution < -0.4 is 0 Å². The van der Waals surface area contributed by atoms with Crippen molar-refractivity contribution in [3.8, 4) is 39.3 Å². The molecule has 0 atom stereocenters. The maximum absolute atomic E-state index is 2.51. The minimum absolute atomic E-state index is 1.14. The molecule has 0 unspecified atom stereocenters. The van der Waals surface area contributed by atoms with E-state index in [1.165, 1.54) is 93.4 Å². The number of fused-ring (bicyclic) bond motifs is 9. The molecule has 0 aliphatic heterocycles. The highest BCUT2D eigenvalue weighted by Crippen LogP contribution is 2.44. The number of rotatable bonds is 5. The summed E-state index contributed by atoms with van der Waals surface area (Å²) in [5.74, 6) is 0. The zero-order valence-corrected chi connectivity index (χ0v) is 31.0. The Hall–Kier alpha value is -7.62. The van der Waals surface area contributed by atoms with E-state index in [0.717, 1.165) is 11.4 Å². The molecule has 12 aromatic rings. The molecular weight excluding hydrogens is 691 g/mol. The molecule has 3 heteroatoms. The number of hydrogen-bond acceptors (Lipinski definition) is 0. The normalized spacial score (nSPS) is 11.9. The molecule has 0 saturated heterocycles. The van der Waals surface area contributed by atoms with Gasteiger partial charge in [-0.3, -0.25) is 0 Å². The SMILES string of the molecule is c1ccc(-c2cccc(-c3ccccc3)c2-n2c3ccccc3c3c(-n4c5ccccc5c5ccc(-n6c7ccccc7c7ccccc76)cc54)cccc32)cc1. The summed E-state index contributed by atoms with van der Waals surface area (Å²) in [6.45, 7) is 0. The second-order valence-corrected chi connectivity index (χ2v) is 14.9. The molecule has 0 radical (unpaired) electrons. The van der Waals surface area contributed by atoms with Crippen LogP contribution in [0.4, 0.5) is 0 Å². The quantitative estimate of drug-likeness (QED) is 0.168. The van der Waals surface area contributed by atoms with E-state index >= 15 is 0 Å². The molecule has 3 aromatic heterocycles. The van der Waals surface area contributed by atoms with Gasteiger partial charge in [0.2, 0.25) is 0 Å². The largest absolute Gasteiger partial charge is 0.309 e. The first-order valence-corrected chi connectivity index (χ1v) is 19.6. The van der Waals surface area contributed by atoms with Crippen molar-refractivity contribution in [2.75, 3.05) is 0 Å². The maximum Gasteiger partial charge on any atom is 0.0618 e. The summed E-state index contributed by atoms with van der Waals surface area (Å²) < 4.78 is 7.43. The van der Waals surface area contributed by atoms with Crippen molar-refractivity contribution in [1.82, 2.24) is 13.7 Å². The molecular formula is C54H35N3. The van der Waals surface area contributed by atoms with E-state index in [2.05, 4.69) is 226 Å². The van der Waals surface area contributed by atoms with Crippen LogP contribution in [-0.4, -0.2) is 13.7 Å². The summed E-state index contributed by atoms with van der Waals surface area (Å²) in [6, 6.07) is 77.5. The molecule has 266 valence electrons. The number of benzene rings is 9. The lowest BCUT2D eigenvalue weighted by Gasteiger charge is -2.19. The van der Waals surface area contributed by atoms with Gasteiger partial charge in [0.1, 0.15) is 0 Å². The summed E-state index contributed by atoms with van der Waals surface area (Å²) in [6.07, 6.45) is 0. The Kier molecular flexibility index (Phi) is 6.93. The van der Waals surface area contributed by atoms with E-state index in [-0.39, 0.29) is 0 Å². The first-order chi connectivity index (χ1) is 28.3. The average Bonchev–Trinajstić information content (AvgIpc) is 3.92. The first-order valence-electron chi connectivity index (χ1n) is 19.6. The van der Waals surface area contributed by atoms with E-state index in [9.17, 15) is 0 Å². The molecule has 0 saturated carbocycles. The Labute approximate surface area is 329 Å². The van der Waals surface area contributed by atoms with Crippen LogP contribution in [0.3, 0.4) is 0 Å². The topological polar surface area (TPSA) is 14.8 Å². The van der Waals surface area contributed by atoms with Crippen LogP contribution in [0.25, 0.3) is 105 Å². The van der Waals surface area contributed by atoms with Gasteiger partial charge in [-0.15, -0.1) is 0 Å². The smallest absolute Gasteiger partial charge is 0.0618 e. The summed E-state index contributed by atoms with van der Waals surface area (Å²) >= 11 is 0. The van der Waals surface area contributed by atoms with E-state index in [0.29, 0.717) is 0 Å².